The third-order valence-electron chi connectivity index (χ3n) is 2.81. The van der Waals surface area contributed by atoms with Gasteiger partial charge in [0, 0.05) is 13.7 Å². The number of methoxy groups -OCH3 is 1. The van der Waals surface area contributed by atoms with Gasteiger partial charge in [-0.05, 0) is 27.7 Å². The Morgan fingerprint density at radius 1 is 1.04 bits per heavy atom. The van der Waals surface area contributed by atoms with E-state index < -0.39 is 11.7 Å². The molecule has 2 N–H and O–H groups in total. The van der Waals surface area contributed by atoms with Crippen molar-refractivity contribution in [2.75, 3.05) is 59.8 Å². The molecule has 0 aromatic heterocycles. The molecule has 0 spiro atoms. The Balaban J connectivity index is 4.22. The molecule has 1 atom stereocenters. The molecule has 0 rings (SSSR count). The number of carbonyl (C=O) groups excluding carboxylic acids is 2. The maximum atomic E-state index is 11.9. The van der Waals surface area contributed by atoms with E-state index in [0.717, 1.165) is 0 Å². The molecule has 0 aliphatic rings. The van der Waals surface area contributed by atoms with Crippen molar-refractivity contribution >= 4 is 12.1 Å². The molecule has 0 aliphatic carbocycles. The lowest BCUT2D eigenvalue weighted by Crippen LogP contribution is -2.47. The van der Waals surface area contributed by atoms with Gasteiger partial charge < -0.3 is 34.3 Å². The molecule has 0 saturated heterocycles. The summed E-state index contributed by atoms with van der Waals surface area (Å²) in [4.78, 5) is 23.3. The van der Waals surface area contributed by atoms with Crippen molar-refractivity contribution in [1.82, 2.24) is 10.6 Å². The second-order valence-corrected chi connectivity index (χ2v) is 6.46. The summed E-state index contributed by atoms with van der Waals surface area (Å²) < 4.78 is 25.8. The molecule has 0 unspecified atom stereocenters. The van der Waals surface area contributed by atoms with E-state index in [1.165, 1.54) is 0 Å². The standard InChI is InChI=1S/C17H34N2O7/c1-6-25-15(20)12-18-11-14(19-16(21)26-17(2,3)4)13-24-10-9-23-8-7-22-5/h14,18H,6-13H2,1-5H3,(H,19,21)/t14-/m1/s1. The second kappa shape index (κ2) is 14.7. The first-order chi connectivity index (χ1) is 12.3. The molecule has 0 heterocycles. The Bertz CT molecular complexity index is 386. The number of alkyl carbamates (subject to hydrolysis) is 1. The average Bonchev–Trinajstić information content (AvgIpc) is 2.52. The van der Waals surface area contributed by atoms with Gasteiger partial charge >= 0.3 is 12.1 Å². The second-order valence-electron chi connectivity index (χ2n) is 6.46. The summed E-state index contributed by atoms with van der Waals surface area (Å²) in [5, 5.41) is 5.66. The number of hydrogen-bond acceptors (Lipinski definition) is 8. The molecular formula is C17H34N2O7. The molecule has 1 amide bonds. The van der Waals surface area contributed by atoms with Gasteiger partial charge in [0.05, 0.1) is 52.2 Å². The van der Waals surface area contributed by atoms with E-state index in [4.69, 9.17) is 23.7 Å². The minimum absolute atomic E-state index is 0.0560. The number of ether oxygens (including phenoxy) is 5. The summed E-state index contributed by atoms with van der Waals surface area (Å²) in [5.74, 6) is -0.351. The van der Waals surface area contributed by atoms with Crippen LogP contribution in [0.3, 0.4) is 0 Å². The van der Waals surface area contributed by atoms with E-state index in [9.17, 15) is 9.59 Å². The summed E-state index contributed by atoms with van der Waals surface area (Å²) in [7, 11) is 1.61. The smallest absolute Gasteiger partial charge is 0.407 e. The lowest BCUT2D eigenvalue weighted by Gasteiger charge is -2.24. The molecule has 0 aromatic rings. The first kappa shape index (κ1) is 24.6. The summed E-state index contributed by atoms with van der Waals surface area (Å²) in [5.41, 5.74) is -0.594. The van der Waals surface area contributed by atoms with Crippen LogP contribution in [0.15, 0.2) is 0 Å². The largest absolute Gasteiger partial charge is 0.465 e. The lowest BCUT2D eigenvalue weighted by molar-refractivity contribution is -0.142. The van der Waals surface area contributed by atoms with Gasteiger partial charge in [-0.1, -0.05) is 0 Å². The van der Waals surface area contributed by atoms with Crippen molar-refractivity contribution in [2.45, 2.75) is 39.3 Å². The molecule has 26 heavy (non-hydrogen) atoms. The van der Waals surface area contributed by atoms with Crippen molar-refractivity contribution in [2.24, 2.45) is 0 Å². The molecule has 0 bridgehead atoms. The quantitative estimate of drug-likeness (QED) is 0.336. The zero-order chi connectivity index (χ0) is 19.8. The Morgan fingerprint density at radius 3 is 2.31 bits per heavy atom. The number of amides is 1. The van der Waals surface area contributed by atoms with Crippen molar-refractivity contribution < 1.29 is 33.3 Å². The maximum absolute atomic E-state index is 11.9. The van der Waals surface area contributed by atoms with Crippen molar-refractivity contribution in [3.05, 3.63) is 0 Å². The lowest BCUT2D eigenvalue weighted by atomic mass is 10.2. The van der Waals surface area contributed by atoms with Gasteiger partial charge in [0.1, 0.15) is 5.60 Å². The highest BCUT2D eigenvalue weighted by molar-refractivity contribution is 5.71. The van der Waals surface area contributed by atoms with Gasteiger partial charge in [-0.3, -0.25) is 4.79 Å². The van der Waals surface area contributed by atoms with Gasteiger partial charge in [-0.15, -0.1) is 0 Å². The van der Waals surface area contributed by atoms with Crippen LogP contribution in [0, 0.1) is 0 Å². The SMILES string of the molecule is CCOC(=O)CNC[C@H](COCCOCCOC)NC(=O)OC(C)(C)C. The van der Waals surface area contributed by atoms with Crippen LogP contribution < -0.4 is 10.6 Å². The Labute approximate surface area is 156 Å². The number of nitrogens with one attached hydrogen (secondary N) is 2. The van der Waals surface area contributed by atoms with Gasteiger partial charge in [-0.25, -0.2) is 4.79 Å². The first-order valence-electron chi connectivity index (χ1n) is 8.78. The molecule has 0 fully saturated rings. The van der Waals surface area contributed by atoms with E-state index in [1.807, 2.05) is 0 Å². The summed E-state index contributed by atoms with van der Waals surface area (Å²) in [6.07, 6.45) is -0.541. The van der Waals surface area contributed by atoms with Crippen LogP contribution in [-0.2, 0) is 28.5 Å². The van der Waals surface area contributed by atoms with Crippen LogP contribution in [0.5, 0.6) is 0 Å². The predicted molar refractivity (Wildman–Crippen MR) is 96.2 cm³/mol. The van der Waals surface area contributed by atoms with E-state index in [2.05, 4.69) is 10.6 Å². The fourth-order valence-corrected chi connectivity index (χ4v) is 1.77. The molecule has 0 aliphatic heterocycles. The first-order valence-corrected chi connectivity index (χ1v) is 8.78. The number of hydrogen-bond donors (Lipinski definition) is 2. The Hall–Kier alpha value is -1.42. The zero-order valence-corrected chi connectivity index (χ0v) is 16.6. The van der Waals surface area contributed by atoms with Crippen LogP contribution in [0.2, 0.25) is 0 Å². The molecule has 9 heteroatoms. The van der Waals surface area contributed by atoms with Crippen LogP contribution in [-0.4, -0.2) is 83.5 Å². The third kappa shape index (κ3) is 16.1. The van der Waals surface area contributed by atoms with Crippen LogP contribution in [0.1, 0.15) is 27.7 Å². The van der Waals surface area contributed by atoms with E-state index in [0.29, 0.717) is 39.6 Å². The van der Waals surface area contributed by atoms with Crippen LogP contribution >= 0.6 is 0 Å². The number of esters is 1. The molecule has 0 aromatic carbocycles. The van der Waals surface area contributed by atoms with Gasteiger partial charge in [0.2, 0.25) is 0 Å². The summed E-state index contributed by atoms with van der Waals surface area (Å²) in [6, 6.07) is -0.363. The highest BCUT2D eigenvalue weighted by Crippen LogP contribution is 2.06. The van der Waals surface area contributed by atoms with Crippen molar-refractivity contribution in [3.63, 3.8) is 0 Å². The van der Waals surface area contributed by atoms with Crippen LogP contribution in [0.25, 0.3) is 0 Å². The highest BCUT2D eigenvalue weighted by Gasteiger charge is 2.19. The predicted octanol–water partition coefficient (Wildman–Crippen LogP) is 0.712. The molecular weight excluding hydrogens is 344 g/mol. The zero-order valence-electron chi connectivity index (χ0n) is 16.6. The van der Waals surface area contributed by atoms with Gasteiger partial charge in [0.25, 0.3) is 0 Å². The average molecular weight is 378 g/mol. The summed E-state index contributed by atoms with van der Waals surface area (Å²) >= 11 is 0. The maximum Gasteiger partial charge on any atom is 0.407 e. The van der Waals surface area contributed by atoms with Crippen LogP contribution in [0.4, 0.5) is 4.79 Å². The van der Waals surface area contributed by atoms with E-state index in [-0.39, 0.29) is 25.2 Å². The molecule has 154 valence electrons. The normalized spacial score (nSPS) is 12.5. The molecule has 9 nitrogen and oxygen atoms in total. The topological polar surface area (TPSA) is 104 Å². The fraction of sp³-hybridized carbons (Fsp3) is 0.882. The third-order valence-corrected chi connectivity index (χ3v) is 2.81. The minimum atomic E-state index is -0.594. The molecule has 0 saturated carbocycles. The van der Waals surface area contributed by atoms with Gasteiger partial charge in [0.15, 0.2) is 0 Å². The van der Waals surface area contributed by atoms with Crippen molar-refractivity contribution in [3.8, 4) is 0 Å². The Kier molecular flexibility index (Phi) is 13.9. The molecule has 0 radical (unpaired) electrons. The Morgan fingerprint density at radius 2 is 1.69 bits per heavy atom. The van der Waals surface area contributed by atoms with Crippen molar-refractivity contribution in [1.29, 1.82) is 0 Å². The number of rotatable bonds is 14. The van der Waals surface area contributed by atoms with E-state index >= 15 is 0 Å². The monoisotopic (exact) mass is 378 g/mol. The highest BCUT2D eigenvalue weighted by atomic mass is 16.6. The van der Waals surface area contributed by atoms with E-state index in [1.54, 1.807) is 34.8 Å². The van der Waals surface area contributed by atoms with Gasteiger partial charge in [-0.2, -0.15) is 0 Å². The number of carbonyl (C=O) groups is 2. The fourth-order valence-electron chi connectivity index (χ4n) is 1.77. The minimum Gasteiger partial charge on any atom is -0.465 e. The summed E-state index contributed by atoms with van der Waals surface area (Å²) in [6.45, 7) is 9.91.